The van der Waals surface area contributed by atoms with E-state index in [2.05, 4.69) is 24.4 Å². The average molecular weight is 292 g/mol. The molecule has 3 heteroatoms. The molecule has 0 aliphatic heterocycles. The maximum Gasteiger partial charge on any atom is 0.240 e. The molecule has 2 aliphatic rings. The van der Waals surface area contributed by atoms with Crippen molar-refractivity contribution in [1.82, 2.24) is 5.43 Å². The number of nitrogens with zero attached hydrogens (tertiary/aromatic N) is 1. The van der Waals surface area contributed by atoms with Gasteiger partial charge in [-0.05, 0) is 50.4 Å². The number of hydrogen-bond donors (Lipinski definition) is 1. The van der Waals surface area contributed by atoms with Gasteiger partial charge in [-0.1, -0.05) is 45.4 Å². The maximum atomic E-state index is 11.7. The van der Waals surface area contributed by atoms with Crippen molar-refractivity contribution in [2.24, 2.45) is 22.9 Å². The monoisotopic (exact) mass is 292 g/mol. The van der Waals surface area contributed by atoms with Gasteiger partial charge in [0.2, 0.25) is 5.91 Å². The van der Waals surface area contributed by atoms with Crippen LogP contribution in [0.1, 0.15) is 84.5 Å². The molecule has 21 heavy (non-hydrogen) atoms. The topological polar surface area (TPSA) is 41.5 Å². The molecular formula is C18H32N2O. The Balaban J connectivity index is 1.75. The number of hydrogen-bond acceptors (Lipinski definition) is 2. The number of hydrazone groups is 1. The van der Waals surface area contributed by atoms with Crippen LogP contribution in [0.2, 0.25) is 0 Å². The molecule has 3 unspecified atom stereocenters. The molecule has 0 bridgehead atoms. The van der Waals surface area contributed by atoms with E-state index in [0.717, 1.165) is 36.8 Å². The summed E-state index contributed by atoms with van der Waals surface area (Å²) >= 11 is 0. The lowest BCUT2D eigenvalue weighted by Gasteiger charge is -2.39. The molecule has 0 aromatic rings. The lowest BCUT2D eigenvalue weighted by molar-refractivity contribution is -0.121. The SMILES string of the molecule is CCCCCC(=O)N/N=C(\C)C1CCC2CCCCC2C1. The lowest BCUT2D eigenvalue weighted by Crippen LogP contribution is -2.31. The molecule has 1 amide bonds. The summed E-state index contributed by atoms with van der Waals surface area (Å²) in [4.78, 5) is 11.7. The van der Waals surface area contributed by atoms with Crippen LogP contribution in [0.3, 0.4) is 0 Å². The van der Waals surface area contributed by atoms with Crippen LogP contribution in [0.4, 0.5) is 0 Å². The molecule has 0 spiro atoms. The van der Waals surface area contributed by atoms with Crippen LogP contribution in [0.25, 0.3) is 0 Å². The van der Waals surface area contributed by atoms with E-state index < -0.39 is 0 Å². The Morgan fingerprint density at radius 3 is 2.62 bits per heavy atom. The summed E-state index contributed by atoms with van der Waals surface area (Å²) in [5.41, 5.74) is 3.90. The first-order valence-corrected chi connectivity index (χ1v) is 9.03. The van der Waals surface area contributed by atoms with Crippen molar-refractivity contribution in [2.75, 3.05) is 0 Å². The summed E-state index contributed by atoms with van der Waals surface area (Å²) in [6.07, 6.45) is 13.5. The zero-order valence-electron chi connectivity index (χ0n) is 13.9. The molecule has 2 aliphatic carbocycles. The van der Waals surface area contributed by atoms with E-state index in [1.165, 1.54) is 44.9 Å². The van der Waals surface area contributed by atoms with E-state index in [4.69, 9.17) is 0 Å². The van der Waals surface area contributed by atoms with Gasteiger partial charge in [0.05, 0.1) is 0 Å². The van der Waals surface area contributed by atoms with Crippen molar-refractivity contribution in [3.8, 4) is 0 Å². The minimum Gasteiger partial charge on any atom is -0.273 e. The Kier molecular flexibility index (Phi) is 6.72. The molecule has 2 fully saturated rings. The molecule has 120 valence electrons. The van der Waals surface area contributed by atoms with Crippen LogP contribution >= 0.6 is 0 Å². The second-order valence-electron chi connectivity index (χ2n) is 7.06. The predicted molar refractivity (Wildman–Crippen MR) is 88.2 cm³/mol. The lowest BCUT2D eigenvalue weighted by atomic mass is 9.67. The molecule has 0 aromatic heterocycles. The summed E-state index contributed by atoms with van der Waals surface area (Å²) in [6.45, 7) is 4.25. The van der Waals surface area contributed by atoms with E-state index >= 15 is 0 Å². The predicted octanol–water partition coefficient (Wildman–Crippen LogP) is 4.67. The fraction of sp³-hybridized carbons (Fsp3) is 0.889. The van der Waals surface area contributed by atoms with E-state index in [9.17, 15) is 4.79 Å². The Bertz CT molecular complexity index is 364. The summed E-state index contributed by atoms with van der Waals surface area (Å²) in [6, 6.07) is 0. The van der Waals surface area contributed by atoms with Crippen molar-refractivity contribution in [3.63, 3.8) is 0 Å². The molecule has 3 atom stereocenters. The van der Waals surface area contributed by atoms with E-state index in [1.807, 2.05) is 0 Å². The molecular weight excluding hydrogens is 260 g/mol. The number of nitrogens with one attached hydrogen (secondary N) is 1. The number of carbonyl (C=O) groups excluding carboxylic acids is 1. The standard InChI is InChI=1S/C18H32N2O/c1-3-4-5-10-18(21)20-19-14(2)16-12-11-15-8-6-7-9-17(15)13-16/h15-17H,3-13H2,1-2H3,(H,20,21)/b19-14+. The highest BCUT2D eigenvalue weighted by Crippen LogP contribution is 2.42. The van der Waals surface area contributed by atoms with Crippen LogP contribution in [0.15, 0.2) is 5.10 Å². The third kappa shape index (κ3) is 5.12. The van der Waals surface area contributed by atoms with Crippen LogP contribution in [-0.4, -0.2) is 11.6 Å². The first kappa shape index (κ1) is 16.5. The Hall–Kier alpha value is -0.860. The van der Waals surface area contributed by atoms with Crippen LogP contribution < -0.4 is 5.43 Å². The Labute approximate surface area is 130 Å². The van der Waals surface area contributed by atoms with Crippen LogP contribution in [0.5, 0.6) is 0 Å². The number of unbranched alkanes of at least 4 members (excludes halogenated alkanes) is 2. The minimum absolute atomic E-state index is 0.0779. The summed E-state index contributed by atoms with van der Waals surface area (Å²) in [5.74, 6) is 2.57. The third-order valence-electron chi connectivity index (χ3n) is 5.49. The second-order valence-corrected chi connectivity index (χ2v) is 7.06. The summed E-state index contributed by atoms with van der Waals surface area (Å²) in [5, 5.41) is 4.38. The van der Waals surface area contributed by atoms with Gasteiger partial charge in [-0.25, -0.2) is 5.43 Å². The van der Waals surface area contributed by atoms with Gasteiger partial charge < -0.3 is 0 Å². The van der Waals surface area contributed by atoms with Gasteiger partial charge in [-0.3, -0.25) is 4.79 Å². The van der Waals surface area contributed by atoms with E-state index in [0.29, 0.717) is 12.3 Å². The van der Waals surface area contributed by atoms with Gasteiger partial charge in [-0.2, -0.15) is 5.10 Å². The van der Waals surface area contributed by atoms with Crippen molar-refractivity contribution in [2.45, 2.75) is 84.5 Å². The molecule has 0 heterocycles. The smallest absolute Gasteiger partial charge is 0.240 e. The average Bonchev–Trinajstić information content (AvgIpc) is 2.52. The molecule has 0 aromatic carbocycles. The third-order valence-corrected chi connectivity index (χ3v) is 5.49. The molecule has 1 N–H and O–H groups in total. The largest absolute Gasteiger partial charge is 0.273 e. The highest BCUT2D eigenvalue weighted by Gasteiger charge is 2.33. The number of rotatable bonds is 6. The van der Waals surface area contributed by atoms with Gasteiger partial charge in [0, 0.05) is 12.1 Å². The second kappa shape index (κ2) is 8.55. The van der Waals surface area contributed by atoms with Crippen molar-refractivity contribution >= 4 is 11.6 Å². The van der Waals surface area contributed by atoms with Gasteiger partial charge in [0.1, 0.15) is 0 Å². The fourth-order valence-corrected chi connectivity index (χ4v) is 4.09. The first-order valence-electron chi connectivity index (χ1n) is 9.03. The van der Waals surface area contributed by atoms with Gasteiger partial charge in [-0.15, -0.1) is 0 Å². The number of amides is 1. The van der Waals surface area contributed by atoms with Crippen LogP contribution in [-0.2, 0) is 4.79 Å². The molecule has 2 rings (SSSR count). The highest BCUT2D eigenvalue weighted by atomic mass is 16.2. The number of carbonyl (C=O) groups is 1. The Morgan fingerprint density at radius 1 is 1.10 bits per heavy atom. The van der Waals surface area contributed by atoms with Gasteiger partial charge in [0.15, 0.2) is 0 Å². The minimum atomic E-state index is 0.0779. The fourth-order valence-electron chi connectivity index (χ4n) is 4.09. The van der Waals surface area contributed by atoms with Crippen molar-refractivity contribution in [1.29, 1.82) is 0 Å². The molecule has 0 saturated heterocycles. The summed E-state index contributed by atoms with van der Waals surface area (Å²) in [7, 11) is 0. The van der Waals surface area contributed by atoms with Gasteiger partial charge >= 0.3 is 0 Å². The van der Waals surface area contributed by atoms with Gasteiger partial charge in [0.25, 0.3) is 0 Å². The van der Waals surface area contributed by atoms with E-state index in [1.54, 1.807) is 0 Å². The zero-order chi connectivity index (χ0) is 15.1. The first-order chi connectivity index (χ1) is 10.2. The maximum absolute atomic E-state index is 11.7. The zero-order valence-corrected chi connectivity index (χ0v) is 13.9. The normalized spacial score (nSPS) is 29.8. The van der Waals surface area contributed by atoms with Crippen LogP contribution in [0, 0.1) is 17.8 Å². The summed E-state index contributed by atoms with van der Waals surface area (Å²) < 4.78 is 0. The Morgan fingerprint density at radius 2 is 1.86 bits per heavy atom. The quantitative estimate of drug-likeness (QED) is 0.431. The molecule has 2 saturated carbocycles. The highest BCUT2D eigenvalue weighted by molar-refractivity contribution is 5.86. The molecule has 3 nitrogen and oxygen atoms in total. The van der Waals surface area contributed by atoms with Crippen molar-refractivity contribution in [3.05, 3.63) is 0 Å². The van der Waals surface area contributed by atoms with E-state index in [-0.39, 0.29) is 5.91 Å². The number of fused-ring (bicyclic) bond motifs is 1. The molecule has 0 radical (unpaired) electrons. The van der Waals surface area contributed by atoms with Crippen molar-refractivity contribution < 1.29 is 4.79 Å².